The molecule has 0 amide bonds. The van der Waals surface area contributed by atoms with Crippen LogP contribution in [-0.4, -0.2) is 4.98 Å². The van der Waals surface area contributed by atoms with Crippen molar-refractivity contribution in [3.63, 3.8) is 0 Å². The van der Waals surface area contributed by atoms with Crippen LogP contribution in [-0.2, 0) is 0 Å². The number of hydrogen-bond acceptors (Lipinski definition) is 4. The van der Waals surface area contributed by atoms with Gasteiger partial charge in [-0.25, -0.2) is 9.37 Å². The number of nitriles is 1. The van der Waals surface area contributed by atoms with E-state index in [1.54, 1.807) is 31.2 Å². The quantitative estimate of drug-likeness (QED) is 0.849. The molecule has 0 saturated heterocycles. The fourth-order valence-corrected chi connectivity index (χ4v) is 1.45. The van der Waals surface area contributed by atoms with Crippen molar-refractivity contribution >= 4 is 17.2 Å². The highest BCUT2D eigenvalue weighted by atomic mass is 19.1. The van der Waals surface area contributed by atoms with Gasteiger partial charge >= 0.3 is 0 Å². The van der Waals surface area contributed by atoms with Crippen LogP contribution in [0.15, 0.2) is 30.3 Å². The van der Waals surface area contributed by atoms with Crippen molar-refractivity contribution < 1.29 is 4.39 Å². The van der Waals surface area contributed by atoms with E-state index < -0.39 is 0 Å². The summed E-state index contributed by atoms with van der Waals surface area (Å²) < 4.78 is 13.4. The van der Waals surface area contributed by atoms with E-state index in [9.17, 15) is 4.39 Å². The summed E-state index contributed by atoms with van der Waals surface area (Å²) in [7, 11) is 0. The summed E-state index contributed by atoms with van der Waals surface area (Å²) in [6, 6.07) is 9.89. The smallest absolute Gasteiger partial charge is 0.165 e. The SMILES string of the molecule is Cc1ccc(Nc2ccc(N)c(C#N)n2)cc1F. The molecule has 0 aliphatic rings. The lowest BCUT2D eigenvalue weighted by molar-refractivity contribution is 0.619. The summed E-state index contributed by atoms with van der Waals surface area (Å²) in [5.41, 5.74) is 7.17. The molecule has 90 valence electrons. The number of nitrogens with two attached hydrogens (primary N) is 1. The number of aromatic nitrogens is 1. The van der Waals surface area contributed by atoms with Gasteiger partial charge < -0.3 is 11.1 Å². The number of nitrogens with zero attached hydrogens (tertiary/aromatic N) is 2. The molecule has 0 aliphatic carbocycles. The van der Waals surface area contributed by atoms with Gasteiger partial charge in [-0.05, 0) is 36.8 Å². The standard InChI is InChI=1S/C13H11FN4/c1-8-2-3-9(6-10(8)14)17-13-5-4-11(16)12(7-15)18-13/h2-6H,16H2,1H3,(H,17,18). The van der Waals surface area contributed by atoms with E-state index in [2.05, 4.69) is 10.3 Å². The zero-order valence-corrected chi connectivity index (χ0v) is 9.74. The minimum atomic E-state index is -0.295. The number of nitrogens with one attached hydrogen (secondary N) is 1. The summed E-state index contributed by atoms with van der Waals surface area (Å²) in [6.45, 7) is 1.69. The molecule has 0 bridgehead atoms. The Bertz CT molecular complexity index is 631. The fraction of sp³-hybridized carbons (Fsp3) is 0.0769. The van der Waals surface area contributed by atoms with Crippen molar-refractivity contribution in [2.75, 3.05) is 11.1 Å². The van der Waals surface area contributed by atoms with Gasteiger partial charge in [0.2, 0.25) is 0 Å². The summed E-state index contributed by atoms with van der Waals surface area (Å²) in [5.74, 6) is 0.153. The van der Waals surface area contributed by atoms with Crippen LogP contribution in [0.2, 0.25) is 0 Å². The monoisotopic (exact) mass is 242 g/mol. The third kappa shape index (κ3) is 2.38. The van der Waals surface area contributed by atoms with Gasteiger partial charge in [0.15, 0.2) is 5.69 Å². The predicted molar refractivity (Wildman–Crippen MR) is 67.8 cm³/mol. The third-order valence-electron chi connectivity index (χ3n) is 2.48. The molecule has 0 spiro atoms. The molecule has 3 N–H and O–H groups in total. The molecule has 1 heterocycles. The summed E-state index contributed by atoms with van der Waals surface area (Å²) in [6.07, 6.45) is 0. The highest BCUT2D eigenvalue weighted by Gasteiger charge is 2.04. The molecule has 0 atom stereocenters. The van der Waals surface area contributed by atoms with Gasteiger partial charge in [-0.1, -0.05) is 6.07 Å². The van der Waals surface area contributed by atoms with Gasteiger partial charge in [-0.3, -0.25) is 0 Å². The second-order valence-corrected chi connectivity index (χ2v) is 3.84. The molecule has 0 aliphatic heterocycles. The lowest BCUT2D eigenvalue weighted by Crippen LogP contribution is -1.99. The Morgan fingerprint density at radius 1 is 1.33 bits per heavy atom. The zero-order chi connectivity index (χ0) is 13.1. The van der Waals surface area contributed by atoms with Gasteiger partial charge in [0, 0.05) is 5.69 Å². The largest absolute Gasteiger partial charge is 0.396 e. The van der Waals surface area contributed by atoms with E-state index in [0.717, 1.165) is 0 Å². The van der Waals surface area contributed by atoms with Crippen molar-refractivity contribution in [2.24, 2.45) is 0 Å². The molecular formula is C13H11FN4. The minimum Gasteiger partial charge on any atom is -0.396 e. The Hall–Kier alpha value is -2.61. The van der Waals surface area contributed by atoms with Crippen LogP contribution in [0.5, 0.6) is 0 Å². The fourth-order valence-electron chi connectivity index (χ4n) is 1.45. The number of hydrogen-bond donors (Lipinski definition) is 2. The maximum Gasteiger partial charge on any atom is 0.165 e. The van der Waals surface area contributed by atoms with Crippen molar-refractivity contribution in [1.29, 1.82) is 5.26 Å². The first-order chi connectivity index (χ1) is 8.60. The molecular weight excluding hydrogens is 231 g/mol. The number of nitrogen functional groups attached to an aromatic ring is 1. The first-order valence-electron chi connectivity index (χ1n) is 5.30. The van der Waals surface area contributed by atoms with E-state index in [-0.39, 0.29) is 11.5 Å². The predicted octanol–water partition coefficient (Wildman–Crippen LogP) is 2.73. The molecule has 0 saturated carbocycles. The molecule has 1 aromatic carbocycles. The molecule has 2 aromatic rings. The van der Waals surface area contributed by atoms with Crippen LogP contribution >= 0.6 is 0 Å². The van der Waals surface area contributed by atoms with Crippen molar-refractivity contribution in [3.05, 3.63) is 47.4 Å². The Balaban J connectivity index is 2.29. The summed E-state index contributed by atoms with van der Waals surface area (Å²) in [4.78, 5) is 4.02. The van der Waals surface area contributed by atoms with E-state index in [1.165, 1.54) is 6.07 Å². The van der Waals surface area contributed by atoms with Gasteiger partial charge in [-0.2, -0.15) is 5.26 Å². The lowest BCUT2D eigenvalue weighted by Gasteiger charge is -2.07. The maximum atomic E-state index is 13.4. The molecule has 5 heteroatoms. The van der Waals surface area contributed by atoms with Gasteiger partial charge in [-0.15, -0.1) is 0 Å². The molecule has 2 rings (SSSR count). The third-order valence-corrected chi connectivity index (χ3v) is 2.48. The van der Waals surface area contributed by atoms with Crippen LogP contribution in [0, 0.1) is 24.1 Å². The average Bonchev–Trinajstić information content (AvgIpc) is 2.36. The minimum absolute atomic E-state index is 0.146. The Kier molecular flexibility index (Phi) is 3.11. The van der Waals surface area contributed by atoms with Gasteiger partial charge in [0.1, 0.15) is 17.7 Å². The van der Waals surface area contributed by atoms with E-state index in [0.29, 0.717) is 22.8 Å². The normalized spacial score (nSPS) is 9.83. The topological polar surface area (TPSA) is 74.7 Å². The van der Waals surface area contributed by atoms with Gasteiger partial charge in [0.25, 0.3) is 0 Å². The van der Waals surface area contributed by atoms with Crippen LogP contribution in [0.25, 0.3) is 0 Å². The number of halogens is 1. The summed E-state index contributed by atoms with van der Waals surface area (Å²) in [5, 5.41) is 11.7. The number of pyridine rings is 1. The number of aryl methyl sites for hydroxylation is 1. The highest BCUT2D eigenvalue weighted by Crippen LogP contribution is 2.19. The molecule has 4 nitrogen and oxygen atoms in total. The highest BCUT2D eigenvalue weighted by molar-refractivity contribution is 5.61. The summed E-state index contributed by atoms with van der Waals surface area (Å²) >= 11 is 0. The Labute approximate surface area is 104 Å². The van der Waals surface area contributed by atoms with Crippen molar-refractivity contribution in [1.82, 2.24) is 4.98 Å². The van der Waals surface area contributed by atoms with Crippen LogP contribution in [0.1, 0.15) is 11.3 Å². The molecule has 0 radical (unpaired) electrons. The molecule has 0 unspecified atom stereocenters. The first kappa shape index (κ1) is 11.9. The Morgan fingerprint density at radius 2 is 2.11 bits per heavy atom. The molecule has 0 fully saturated rings. The first-order valence-corrected chi connectivity index (χ1v) is 5.30. The second-order valence-electron chi connectivity index (χ2n) is 3.84. The van der Waals surface area contributed by atoms with Gasteiger partial charge in [0.05, 0.1) is 5.69 Å². The maximum absolute atomic E-state index is 13.4. The number of rotatable bonds is 2. The zero-order valence-electron chi connectivity index (χ0n) is 9.74. The van der Waals surface area contributed by atoms with Crippen molar-refractivity contribution in [3.8, 4) is 6.07 Å². The van der Waals surface area contributed by atoms with Crippen LogP contribution in [0.4, 0.5) is 21.6 Å². The molecule has 18 heavy (non-hydrogen) atoms. The lowest BCUT2D eigenvalue weighted by atomic mass is 10.2. The van der Waals surface area contributed by atoms with E-state index in [4.69, 9.17) is 11.0 Å². The van der Waals surface area contributed by atoms with E-state index in [1.807, 2.05) is 6.07 Å². The number of anilines is 3. The Morgan fingerprint density at radius 3 is 2.78 bits per heavy atom. The van der Waals surface area contributed by atoms with E-state index >= 15 is 0 Å². The number of benzene rings is 1. The van der Waals surface area contributed by atoms with Crippen LogP contribution < -0.4 is 11.1 Å². The second kappa shape index (κ2) is 4.72. The molecule has 1 aromatic heterocycles. The van der Waals surface area contributed by atoms with Crippen molar-refractivity contribution in [2.45, 2.75) is 6.92 Å². The average molecular weight is 242 g/mol. The van der Waals surface area contributed by atoms with Crippen LogP contribution in [0.3, 0.4) is 0 Å².